The van der Waals surface area contributed by atoms with Crippen LogP contribution in [-0.4, -0.2) is 15.0 Å². The van der Waals surface area contributed by atoms with Gasteiger partial charge in [0, 0.05) is 0 Å². The number of benzene rings is 3. The molecule has 0 aliphatic rings. The van der Waals surface area contributed by atoms with Gasteiger partial charge in [0.1, 0.15) is 0 Å². The molecule has 25 heavy (non-hydrogen) atoms. The number of allylic oxidation sites excluding steroid dienone is 2. The zero-order chi connectivity index (χ0) is 17.6. The van der Waals surface area contributed by atoms with Crippen molar-refractivity contribution in [3.05, 3.63) is 119 Å². The maximum atomic E-state index is 13.4. The predicted octanol–water partition coefficient (Wildman–Crippen LogP) is 4.94. The van der Waals surface area contributed by atoms with Gasteiger partial charge in [-0.2, -0.15) is 0 Å². The van der Waals surface area contributed by atoms with Crippen molar-refractivity contribution in [1.82, 2.24) is 0 Å². The van der Waals surface area contributed by atoms with Crippen LogP contribution in [0.1, 0.15) is 11.1 Å². The molecule has 0 aliphatic heterocycles. The number of hydrogen-bond acceptors (Lipinski definition) is 0. The van der Waals surface area contributed by atoms with Gasteiger partial charge in [-0.15, -0.1) is 0 Å². The summed E-state index contributed by atoms with van der Waals surface area (Å²) in [4.78, 5) is 0. The molecule has 0 amide bonds. The zero-order valence-corrected chi connectivity index (χ0v) is 15.2. The average molecular weight is 397 g/mol. The molecule has 0 aliphatic carbocycles. The summed E-state index contributed by atoms with van der Waals surface area (Å²) in [6.45, 7) is 3.97. The summed E-state index contributed by atoms with van der Waals surface area (Å²) in [6.07, 6.45) is 1.84. The Bertz CT molecular complexity index is 832. The van der Waals surface area contributed by atoms with Gasteiger partial charge in [0.2, 0.25) is 0 Å². The summed E-state index contributed by atoms with van der Waals surface area (Å²) in [5.74, 6) is -0.563. The minimum absolute atomic E-state index is 0.0289. The molecule has 3 aromatic carbocycles. The molecule has 3 aromatic rings. The Balaban J connectivity index is 2.15. The van der Waals surface area contributed by atoms with Crippen molar-refractivity contribution in [2.24, 2.45) is 0 Å². The van der Waals surface area contributed by atoms with Gasteiger partial charge in [0.15, 0.2) is 0 Å². The topological polar surface area (TPSA) is 0 Å². The quantitative estimate of drug-likeness (QED) is 0.423. The van der Waals surface area contributed by atoms with E-state index in [9.17, 15) is 8.78 Å². The average Bonchev–Trinajstić information content (AvgIpc) is 2.65. The van der Waals surface area contributed by atoms with E-state index in [1.165, 1.54) is 28.7 Å². The zero-order valence-electron chi connectivity index (χ0n) is 13.5. The van der Waals surface area contributed by atoms with Gasteiger partial charge < -0.3 is 0 Å². The molecule has 0 fully saturated rings. The van der Waals surface area contributed by atoms with Crippen LogP contribution in [0.25, 0.3) is 5.57 Å². The second kappa shape index (κ2) is 8.06. The molecule has 0 saturated heterocycles. The third-order valence-corrected chi connectivity index (χ3v) is 5.97. The minimum atomic E-state index is -0.282. The fraction of sp³-hybridized carbons (Fsp3) is 0. The van der Waals surface area contributed by atoms with Gasteiger partial charge in [0.25, 0.3) is 0 Å². The van der Waals surface area contributed by atoms with Gasteiger partial charge in [-0.25, -0.2) is 0 Å². The molecule has 0 saturated carbocycles. The van der Waals surface area contributed by atoms with Gasteiger partial charge in [-0.05, 0) is 0 Å². The first-order chi connectivity index (χ1) is 12.2. The molecule has 3 rings (SSSR count). The molecule has 0 unspecified atom stereocenters. The van der Waals surface area contributed by atoms with Crippen LogP contribution in [0.3, 0.4) is 0 Å². The van der Waals surface area contributed by atoms with Crippen LogP contribution >= 0.6 is 0 Å². The van der Waals surface area contributed by atoms with E-state index in [1.807, 2.05) is 24.3 Å². The molecule has 0 bridgehead atoms. The van der Waals surface area contributed by atoms with Crippen molar-refractivity contribution in [2.45, 2.75) is 0 Å². The van der Waals surface area contributed by atoms with Crippen LogP contribution in [0.2, 0.25) is 0 Å². The van der Waals surface area contributed by atoms with Crippen LogP contribution in [0.4, 0.5) is 8.78 Å². The van der Waals surface area contributed by atoms with E-state index in [4.69, 9.17) is 0 Å². The van der Waals surface area contributed by atoms with Crippen LogP contribution in [-0.2, 0) is 0 Å². The van der Waals surface area contributed by atoms with E-state index in [0.29, 0.717) is 0 Å². The predicted molar refractivity (Wildman–Crippen MR) is 101 cm³/mol. The summed E-state index contributed by atoms with van der Waals surface area (Å²) in [5.41, 5.74) is 2.74. The molecular weight excluding hydrogens is 381 g/mol. The van der Waals surface area contributed by atoms with Crippen molar-refractivity contribution in [1.29, 1.82) is 0 Å². The Kier molecular flexibility index (Phi) is 5.60. The first-order valence-electron chi connectivity index (χ1n) is 7.79. The molecule has 0 aromatic heterocycles. The van der Waals surface area contributed by atoms with Crippen LogP contribution in [0.5, 0.6) is 0 Å². The summed E-state index contributed by atoms with van der Waals surface area (Å²) in [5, 5.41) is 0. The third-order valence-electron chi connectivity index (χ3n) is 3.67. The van der Waals surface area contributed by atoms with E-state index in [2.05, 4.69) is 18.7 Å². The van der Waals surface area contributed by atoms with Crippen molar-refractivity contribution in [2.75, 3.05) is 0 Å². The monoisotopic (exact) mass is 398 g/mol. The fourth-order valence-corrected chi connectivity index (χ4v) is 4.53. The Morgan fingerprint density at radius 3 is 1.64 bits per heavy atom. The number of hydrogen-bond donors (Lipinski definition) is 0. The van der Waals surface area contributed by atoms with Crippen molar-refractivity contribution < 1.29 is 8.78 Å². The normalized spacial score (nSPS) is 10.3. The van der Waals surface area contributed by atoms with Crippen molar-refractivity contribution >= 4 is 25.0 Å². The van der Waals surface area contributed by atoms with Crippen molar-refractivity contribution in [3.8, 4) is 0 Å². The Hall–Kier alpha value is -2.48. The summed E-state index contributed by atoms with van der Waals surface area (Å²) < 4.78 is 29.0. The second-order valence-electron chi connectivity index (χ2n) is 5.37. The molecule has 124 valence electrons. The fourth-order valence-electron chi connectivity index (χ4n) is 2.49. The summed E-state index contributed by atoms with van der Waals surface area (Å²) in [6, 6.07) is 22.9. The van der Waals surface area contributed by atoms with E-state index in [-0.39, 0.29) is 26.6 Å². The van der Waals surface area contributed by atoms with E-state index in [1.54, 1.807) is 24.3 Å². The van der Waals surface area contributed by atoms with E-state index >= 15 is 0 Å². The Labute approximate surface area is 152 Å². The third kappa shape index (κ3) is 4.33. The van der Waals surface area contributed by atoms with Gasteiger partial charge >= 0.3 is 153 Å². The first-order valence-corrected chi connectivity index (χ1v) is 9.50. The van der Waals surface area contributed by atoms with Gasteiger partial charge in [-0.3, -0.25) is 0 Å². The van der Waals surface area contributed by atoms with E-state index in [0.717, 1.165) is 21.2 Å². The number of rotatable bonds is 5. The molecular formula is C22H16F2Se. The molecule has 0 radical (unpaired) electrons. The van der Waals surface area contributed by atoms with Crippen molar-refractivity contribution in [3.63, 3.8) is 0 Å². The standard InChI is InChI=1S/C22H16F2Se/c1-2-21(25-20-6-4-3-5-7-20)22(16-8-12-18(23)13-9-16)17-10-14-19(24)15-11-17/h2-15H,1H2. The van der Waals surface area contributed by atoms with Gasteiger partial charge in [-0.1, -0.05) is 0 Å². The Morgan fingerprint density at radius 1 is 0.720 bits per heavy atom. The molecule has 0 heterocycles. The first kappa shape index (κ1) is 17.3. The second-order valence-corrected chi connectivity index (χ2v) is 7.71. The molecule has 0 spiro atoms. The molecule has 0 nitrogen and oxygen atoms in total. The van der Waals surface area contributed by atoms with Crippen LogP contribution in [0, 0.1) is 11.6 Å². The van der Waals surface area contributed by atoms with E-state index < -0.39 is 0 Å². The van der Waals surface area contributed by atoms with Gasteiger partial charge in [0.05, 0.1) is 0 Å². The Morgan fingerprint density at radius 2 is 1.20 bits per heavy atom. The maximum absolute atomic E-state index is 13.4. The van der Waals surface area contributed by atoms with Crippen LogP contribution in [0.15, 0.2) is 96.0 Å². The summed E-state index contributed by atoms with van der Waals surface area (Å²) >= 11 is 0.0289. The molecule has 0 N–H and O–H groups in total. The molecule has 0 atom stereocenters. The molecule has 3 heteroatoms. The van der Waals surface area contributed by atoms with Crippen LogP contribution < -0.4 is 4.46 Å². The SMILES string of the molecule is C=CC([Se]c1ccccc1)=C(c1ccc(F)cc1)c1ccc(F)cc1. The summed E-state index contributed by atoms with van der Waals surface area (Å²) in [7, 11) is 0. The number of halogens is 2.